The Morgan fingerprint density at radius 3 is 2.81 bits per heavy atom. The highest BCUT2D eigenvalue weighted by Crippen LogP contribution is 2.42. The minimum absolute atomic E-state index is 0.331. The monoisotopic (exact) mass is 213 g/mol. The fourth-order valence-electron chi connectivity index (χ4n) is 3.22. The van der Waals surface area contributed by atoms with Gasteiger partial charge in [0, 0.05) is 24.6 Å². The third-order valence-electron chi connectivity index (χ3n) is 4.10. The van der Waals surface area contributed by atoms with Crippen LogP contribution in [0.3, 0.4) is 0 Å². The van der Waals surface area contributed by atoms with Crippen LogP contribution in [0.25, 0.3) is 6.08 Å². The maximum Gasteiger partial charge on any atom is 0.141 e. The van der Waals surface area contributed by atoms with Gasteiger partial charge in [-0.05, 0) is 25.0 Å². The molecule has 0 amide bonds. The van der Waals surface area contributed by atoms with Gasteiger partial charge in [0.2, 0.25) is 0 Å². The molecular formula is C14H15NO. The smallest absolute Gasteiger partial charge is 0.141 e. The number of para-hydroxylation sites is 1. The number of piperidine rings is 3. The molecule has 3 saturated heterocycles. The minimum Gasteiger partial charge on any atom is -0.483 e. The molecule has 2 nitrogen and oxygen atoms in total. The summed E-state index contributed by atoms with van der Waals surface area (Å²) in [4.78, 5) is 2.50. The quantitative estimate of drug-likeness (QED) is 0.656. The van der Waals surface area contributed by atoms with E-state index in [-0.39, 0.29) is 0 Å². The van der Waals surface area contributed by atoms with Crippen LogP contribution in [0, 0.1) is 5.92 Å². The second kappa shape index (κ2) is 3.03. The van der Waals surface area contributed by atoms with Crippen LogP contribution in [-0.2, 0) is 0 Å². The topological polar surface area (TPSA) is 12.5 Å². The minimum atomic E-state index is 0.331. The maximum atomic E-state index is 6.16. The summed E-state index contributed by atoms with van der Waals surface area (Å²) in [5.41, 5.74) is 2.66. The summed E-state index contributed by atoms with van der Waals surface area (Å²) in [5.74, 6) is 1.80. The van der Waals surface area contributed by atoms with E-state index in [4.69, 9.17) is 4.74 Å². The van der Waals surface area contributed by atoms with E-state index in [9.17, 15) is 0 Å². The average molecular weight is 213 g/mol. The van der Waals surface area contributed by atoms with E-state index < -0.39 is 0 Å². The summed E-state index contributed by atoms with van der Waals surface area (Å²) in [6, 6.07) is 8.36. The van der Waals surface area contributed by atoms with Crippen LogP contribution < -0.4 is 4.74 Å². The maximum absolute atomic E-state index is 6.16. The summed E-state index contributed by atoms with van der Waals surface area (Å²) in [5, 5.41) is 0. The molecule has 0 aliphatic carbocycles. The van der Waals surface area contributed by atoms with Gasteiger partial charge in [0.1, 0.15) is 11.9 Å². The first-order valence-corrected chi connectivity index (χ1v) is 6.14. The third kappa shape index (κ3) is 1.07. The van der Waals surface area contributed by atoms with E-state index in [1.54, 1.807) is 0 Å². The Labute approximate surface area is 95.5 Å². The standard InChI is InChI=1S/C14H15NO/c1-2-4-13-11(3-1)9-12-14(16-13)10-5-7-15(12)8-6-10/h1-4,9-10,14H,5-8H2. The van der Waals surface area contributed by atoms with Gasteiger partial charge in [-0.15, -0.1) is 0 Å². The van der Waals surface area contributed by atoms with Crippen LogP contribution in [0.2, 0.25) is 0 Å². The summed E-state index contributed by atoms with van der Waals surface area (Å²) < 4.78 is 6.16. The molecule has 0 saturated carbocycles. The van der Waals surface area contributed by atoms with Crippen LogP contribution in [0.15, 0.2) is 30.0 Å². The van der Waals surface area contributed by atoms with Crippen LogP contribution in [0.5, 0.6) is 5.75 Å². The number of rotatable bonds is 0. The lowest BCUT2D eigenvalue weighted by atomic mass is 9.82. The second-order valence-corrected chi connectivity index (χ2v) is 4.97. The van der Waals surface area contributed by atoms with E-state index in [1.807, 2.05) is 0 Å². The van der Waals surface area contributed by atoms with Gasteiger partial charge in [0.25, 0.3) is 0 Å². The highest BCUT2D eigenvalue weighted by atomic mass is 16.5. The average Bonchev–Trinajstić information content (AvgIpc) is 2.38. The molecule has 1 aromatic carbocycles. The molecule has 2 bridgehead atoms. The molecule has 4 aliphatic rings. The molecule has 16 heavy (non-hydrogen) atoms. The lowest BCUT2D eigenvalue weighted by Gasteiger charge is -2.49. The Kier molecular flexibility index (Phi) is 1.65. The van der Waals surface area contributed by atoms with Crippen molar-refractivity contribution < 1.29 is 4.74 Å². The molecule has 4 aliphatic heterocycles. The Morgan fingerprint density at radius 1 is 1.12 bits per heavy atom. The van der Waals surface area contributed by atoms with E-state index >= 15 is 0 Å². The summed E-state index contributed by atoms with van der Waals surface area (Å²) in [6.45, 7) is 2.44. The zero-order chi connectivity index (χ0) is 10.5. The van der Waals surface area contributed by atoms with Crippen molar-refractivity contribution in [3.63, 3.8) is 0 Å². The number of nitrogens with zero attached hydrogens (tertiary/aromatic N) is 1. The predicted molar refractivity (Wildman–Crippen MR) is 63.1 cm³/mol. The van der Waals surface area contributed by atoms with Crippen LogP contribution in [0.4, 0.5) is 0 Å². The normalized spacial score (nSPS) is 30.2. The first kappa shape index (κ1) is 8.68. The SMILES string of the molecule is C1=C2C(Oc3ccccc31)C1CCN2CC1. The molecule has 1 atom stereocenters. The number of benzene rings is 1. The van der Waals surface area contributed by atoms with Crippen molar-refractivity contribution in [3.05, 3.63) is 35.5 Å². The highest BCUT2D eigenvalue weighted by Gasteiger charge is 2.41. The van der Waals surface area contributed by atoms with Gasteiger partial charge < -0.3 is 9.64 Å². The first-order valence-electron chi connectivity index (χ1n) is 6.14. The summed E-state index contributed by atoms with van der Waals surface area (Å²) in [7, 11) is 0. The van der Waals surface area contributed by atoms with Gasteiger partial charge in [-0.3, -0.25) is 0 Å². The molecule has 0 radical (unpaired) electrons. The van der Waals surface area contributed by atoms with Crippen LogP contribution in [0.1, 0.15) is 18.4 Å². The van der Waals surface area contributed by atoms with Gasteiger partial charge in [0.05, 0.1) is 5.70 Å². The second-order valence-electron chi connectivity index (χ2n) is 4.97. The molecule has 82 valence electrons. The third-order valence-corrected chi connectivity index (χ3v) is 4.10. The molecule has 2 heteroatoms. The van der Waals surface area contributed by atoms with E-state index in [0.717, 1.165) is 11.7 Å². The van der Waals surface area contributed by atoms with Gasteiger partial charge in [-0.25, -0.2) is 0 Å². The molecule has 0 N–H and O–H groups in total. The first-order chi connectivity index (χ1) is 7.92. The van der Waals surface area contributed by atoms with E-state index in [2.05, 4.69) is 35.2 Å². The molecule has 3 fully saturated rings. The predicted octanol–water partition coefficient (Wildman–Crippen LogP) is 2.51. The van der Waals surface area contributed by atoms with Crippen molar-refractivity contribution in [3.8, 4) is 5.75 Å². The van der Waals surface area contributed by atoms with Gasteiger partial charge in [-0.2, -0.15) is 0 Å². The molecule has 5 rings (SSSR count). The fraction of sp³-hybridized carbons (Fsp3) is 0.429. The van der Waals surface area contributed by atoms with E-state index in [0.29, 0.717) is 6.10 Å². The van der Waals surface area contributed by atoms with Crippen molar-refractivity contribution in [2.24, 2.45) is 5.92 Å². The largest absolute Gasteiger partial charge is 0.483 e. The van der Waals surface area contributed by atoms with Crippen molar-refractivity contribution in [1.82, 2.24) is 4.90 Å². The molecular weight excluding hydrogens is 198 g/mol. The molecule has 0 aromatic heterocycles. The zero-order valence-electron chi connectivity index (χ0n) is 9.23. The van der Waals surface area contributed by atoms with Crippen molar-refractivity contribution in [2.45, 2.75) is 18.9 Å². The van der Waals surface area contributed by atoms with Crippen LogP contribution >= 0.6 is 0 Å². The zero-order valence-corrected chi connectivity index (χ0v) is 9.23. The molecule has 4 heterocycles. The van der Waals surface area contributed by atoms with Crippen LogP contribution in [-0.4, -0.2) is 24.1 Å². The Morgan fingerprint density at radius 2 is 1.94 bits per heavy atom. The van der Waals surface area contributed by atoms with Crippen molar-refractivity contribution in [1.29, 1.82) is 0 Å². The Bertz CT molecular complexity index is 458. The summed E-state index contributed by atoms with van der Waals surface area (Å²) in [6.07, 6.45) is 5.25. The number of hydrogen-bond acceptors (Lipinski definition) is 2. The fourth-order valence-corrected chi connectivity index (χ4v) is 3.22. The number of ether oxygens (including phenoxy) is 1. The summed E-state index contributed by atoms with van der Waals surface area (Å²) >= 11 is 0. The highest BCUT2D eigenvalue weighted by molar-refractivity contribution is 5.63. The number of fused-ring (bicyclic) bond motifs is 3. The lowest BCUT2D eigenvalue weighted by molar-refractivity contribution is 0.0341. The number of hydrogen-bond donors (Lipinski definition) is 0. The molecule has 1 aromatic rings. The lowest BCUT2D eigenvalue weighted by Crippen LogP contribution is -2.51. The van der Waals surface area contributed by atoms with Gasteiger partial charge >= 0.3 is 0 Å². The Hall–Kier alpha value is -1.44. The van der Waals surface area contributed by atoms with E-state index in [1.165, 1.54) is 37.2 Å². The van der Waals surface area contributed by atoms with Gasteiger partial charge in [0.15, 0.2) is 0 Å². The van der Waals surface area contributed by atoms with Crippen molar-refractivity contribution >= 4 is 6.08 Å². The Balaban J connectivity index is 1.84. The van der Waals surface area contributed by atoms with Crippen molar-refractivity contribution in [2.75, 3.05) is 13.1 Å². The molecule has 0 spiro atoms. The van der Waals surface area contributed by atoms with Gasteiger partial charge in [-0.1, -0.05) is 18.2 Å². The molecule has 1 unspecified atom stereocenters.